The van der Waals surface area contributed by atoms with E-state index in [2.05, 4.69) is 11.8 Å². The van der Waals surface area contributed by atoms with Gasteiger partial charge < -0.3 is 14.9 Å². The zero-order valence-electron chi connectivity index (χ0n) is 11.7. The Kier molecular flexibility index (Phi) is 4.29. The van der Waals surface area contributed by atoms with E-state index in [9.17, 15) is 9.59 Å². The number of amides is 2. The maximum atomic E-state index is 12.1. The summed E-state index contributed by atoms with van der Waals surface area (Å²) in [6, 6.07) is 0.413. The Morgan fingerprint density at radius 1 is 1.37 bits per heavy atom. The second-order valence-electron chi connectivity index (χ2n) is 5.53. The lowest BCUT2D eigenvalue weighted by atomic mass is 10.0. The lowest BCUT2D eigenvalue weighted by molar-refractivity contribution is -0.146. The van der Waals surface area contributed by atoms with Gasteiger partial charge in [-0.2, -0.15) is 0 Å². The van der Waals surface area contributed by atoms with Gasteiger partial charge in [-0.3, -0.25) is 9.69 Å². The zero-order valence-corrected chi connectivity index (χ0v) is 11.7. The Labute approximate surface area is 114 Å². The van der Waals surface area contributed by atoms with Crippen molar-refractivity contribution in [3.05, 3.63) is 0 Å². The molecule has 2 aliphatic heterocycles. The van der Waals surface area contributed by atoms with E-state index < -0.39 is 5.97 Å². The number of likely N-dealkylation sites (N-methyl/N-ethyl adjacent to an activating group) is 2. The molecule has 6 heteroatoms. The van der Waals surface area contributed by atoms with E-state index in [-0.39, 0.29) is 11.9 Å². The molecule has 2 fully saturated rings. The molecule has 2 heterocycles. The maximum absolute atomic E-state index is 12.1. The van der Waals surface area contributed by atoms with E-state index in [1.54, 1.807) is 9.80 Å². The third kappa shape index (κ3) is 3.00. The highest BCUT2D eigenvalue weighted by Gasteiger charge is 2.37. The minimum absolute atomic E-state index is 0.0412. The van der Waals surface area contributed by atoms with Crippen molar-refractivity contribution in [3.63, 3.8) is 0 Å². The molecule has 1 atom stereocenters. The van der Waals surface area contributed by atoms with Gasteiger partial charge in [0.05, 0.1) is 5.92 Å². The summed E-state index contributed by atoms with van der Waals surface area (Å²) < 4.78 is 0. The second-order valence-corrected chi connectivity index (χ2v) is 5.53. The molecule has 2 amide bonds. The Morgan fingerprint density at radius 3 is 2.63 bits per heavy atom. The number of hydrogen-bond acceptors (Lipinski definition) is 3. The molecule has 19 heavy (non-hydrogen) atoms. The number of nitrogens with zero attached hydrogens (tertiary/aromatic N) is 3. The number of rotatable bonds is 4. The highest BCUT2D eigenvalue weighted by Crippen LogP contribution is 2.20. The summed E-state index contributed by atoms with van der Waals surface area (Å²) in [7, 11) is 1.81. The fourth-order valence-corrected chi connectivity index (χ4v) is 2.94. The van der Waals surface area contributed by atoms with Crippen LogP contribution in [0.3, 0.4) is 0 Å². The summed E-state index contributed by atoms with van der Waals surface area (Å²) in [5.74, 6) is -1.18. The number of carboxylic acid groups (broad SMARTS) is 1. The zero-order chi connectivity index (χ0) is 14.0. The number of carbonyl (C=O) groups excluding carboxylic acids is 1. The molecule has 0 radical (unpaired) electrons. The van der Waals surface area contributed by atoms with Gasteiger partial charge in [-0.25, -0.2) is 4.79 Å². The Balaban J connectivity index is 1.79. The van der Waals surface area contributed by atoms with Crippen LogP contribution in [-0.2, 0) is 4.79 Å². The van der Waals surface area contributed by atoms with Crippen LogP contribution in [0.4, 0.5) is 4.79 Å². The predicted molar refractivity (Wildman–Crippen MR) is 71.0 cm³/mol. The molecule has 6 nitrogen and oxygen atoms in total. The standard InChI is InChI=1S/C13H23N3O3/c1-3-15-6-4-5-11(15)9-14(2)13(19)16-7-10(8-16)12(17)18/h10-11H,3-9H2,1-2H3,(H,17,18). The van der Waals surface area contributed by atoms with Crippen molar-refractivity contribution in [2.45, 2.75) is 25.8 Å². The first-order valence-electron chi connectivity index (χ1n) is 6.99. The summed E-state index contributed by atoms with van der Waals surface area (Å²) in [6.45, 7) is 5.72. The molecule has 108 valence electrons. The quantitative estimate of drug-likeness (QED) is 0.809. The smallest absolute Gasteiger partial charge is 0.319 e. The Hall–Kier alpha value is -1.30. The largest absolute Gasteiger partial charge is 0.481 e. The topological polar surface area (TPSA) is 64.1 Å². The molecule has 0 aromatic rings. The summed E-state index contributed by atoms with van der Waals surface area (Å²) >= 11 is 0. The first-order chi connectivity index (χ1) is 9.02. The molecule has 2 saturated heterocycles. The van der Waals surface area contributed by atoms with Crippen LogP contribution in [-0.4, -0.2) is 77.6 Å². The summed E-state index contributed by atoms with van der Waals surface area (Å²) in [5, 5.41) is 8.81. The van der Waals surface area contributed by atoms with Crippen LogP contribution in [0, 0.1) is 5.92 Å². The van der Waals surface area contributed by atoms with Crippen LogP contribution in [0.2, 0.25) is 0 Å². The third-order valence-electron chi connectivity index (χ3n) is 4.22. The van der Waals surface area contributed by atoms with Gasteiger partial charge in [0.1, 0.15) is 0 Å². The van der Waals surface area contributed by atoms with E-state index in [4.69, 9.17) is 5.11 Å². The van der Waals surface area contributed by atoms with Crippen molar-refractivity contribution < 1.29 is 14.7 Å². The molecule has 2 aliphatic rings. The van der Waals surface area contributed by atoms with Gasteiger partial charge >= 0.3 is 12.0 Å². The molecule has 2 rings (SSSR count). The third-order valence-corrected chi connectivity index (χ3v) is 4.22. The van der Waals surface area contributed by atoms with Gasteiger partial charge in [-0.1, -0.05) is 6.92 Å². The average Bonchev–Trinajstić information content (AvgIpc) is 2.73. The van der Waals surface area contributed by atoms with Crippen LogP contribution >= 0.6 is 0 Å². The number of carboxylic acids is 1. The van der Waals surface area contributed by atoms with Crippen LogP contribution in [0.15, 0.2) is 0 Å². The Morgan fingerprint density at radius 2 is 2.05 bits per heavy atom. The molecule has 0 aromatic carbocycles. The van der Waals surface area contributed by atoms with Gasteiger partial charge in [0.25, 0.3) is 0 Å². The van der Waals surface area contributed by atoms with Crippen molar-refractivity contribution in [1.82, 2.24) is 14.7 Å². The average molecular weight is 269 g/mol. The molecule has 0 aromatic heterocycles. The van der Waals surface area contributed by atoms with Crippen LogP contribution in [0.25, 0.3) is 0 Å². The lowest BCUT2D eigenvalue weighted by Crippen LogP contribution is -2.57. The van der Waals surface area contributed by atoms with Gasteiger partial charge in [0, 0.05) is 32.7 Å². The number of hydrogen-bond donors (Lipinski definition) is 1. The summed E-state index contributed by atoms with van der Waals surface area (Å²) in [4.78, 5) is 28.6. The number of aliphatic carboxylic acids is 1. The van der Waals surface area contributed by atoms with Crippen molar-refractivity contribution >= 4 is 12.0 Å². The minimum atomic E-state index is -0.806. The van der Waals surface area contributed by atoms with Crippen LogP contribution < -0.4 is 0 Å². The van der Waals surface area contributed by atoms with E-state index in [1.165, 1.54) is 6.42 Å². The van der Waals surface area contributed by atoms with Crippen molar-refractivity contribution in [3.8, 4) is 0 Å². The fourth-order valence-electron chi connectivity index (χ4n) is 2.94. The summed E-state index contributed by atoms with van der Waals surface area (Å²) in [6.07, 6.45) is 2.34. The highest BCUT2D eigenvalue weighted by molar-refractivity contribution is 5.79. The van der Waals surface area contributed by atoms with E-state index in [1.807, 2.05) is 7.05 Å². The minimum Gasteiger partial charge on any atom is -0.481 e. The molecule has 0 spiro atoms. The van der Waals surface area contributed by atoms with Gasteiger partial charge in [0.15, 0.2) is 0 Å². The van der Waals surface area contributed by atoms with Gasteiger partial charge in [0.2, 0.25) is 0 Å². The second kappa shape index (κ2) is 5.77. The molecule has 0 aliphatic carbocycles. The monoisotopic (exact) mass is 269 g/mol. The highest BCUT2D eigenvalue weighted by atomic mass is 16.4. The van der Waals surface area contributed by atoms with E-state index >= 15 is 0 Å². The molecule has 0 saturated carbocycles. The first kappa shape index (κ1) is 14.1. The predicted octanol–water partition coefficient (Wildman–Crippen LogP) is 0.539. The van der Waals surface area contributed by atoms with Crippen molar-refractivity contribution in [2.75, 3.05) is 39.8 Å². The SMILES string of the molecule is CCN1CCCC1CN(C)C(=O)N1CC(C(=O)O)C1. The molecule has 1 N–H and O–H groups in total. The normalized spacial score (nSPS) is 24.3. The van der Waals surface area contributed by atoms with E-state index in [0.717, 1.165) is 26.1 Å². The molecular weight excluding hydrogens is 246 g/mol. The number of urea groups is 1. The number of likely N-dealkylation sites (tertiary alicyclic amines) is 2. The molecule has 0 bridgehead atoms. The maximum Gasteiger partial charge on any atom is 0.319 e. The molecule has 1 unspecified atom stereocenters. The fraction of sp³-hybridized carbons (Fsp3) is 0.846. The van der Waals surface area contributed by atoms with E-state index in [0.29, 0.717) is 19.1 Å². The number of carbonyl (C=O) groups is 2. The summed E-state index contributed by atoms with van der Waals surface area (Å²) in [5.41, 5.74) is 0. The van der Waals surface area contributed by atoms with Crippen molar-refractivity contribution in [1.29, 1.82) is 0 Å². The van der Waals surface area contributed by atoms with Gasteiger partial charge in [-0.15, -0.1) is 0 Å². The first-order valence-corrected chi connectivity index (χ1v) is 6.99. The van der Waals surface area contributed by atoms with Crippen LogP contribution in [0.1, 0.15) is 19.8 Å². The Bertz CT molecular complexity index is 355. The van der Waals surface area contributed by atoms with Crippen molar-refractivity contribution in [2.24, 2.45) is 5.92 Å². The molecular formula is C13H23N3O3. The van der Waals surface area contributed by atoms with Gasteiger partial charge in [-0.05, 0) is 25.9 Å². The lowest BCUT2D eigenvalue weighted by Gasteiger charge is -2.40. The van der Waals surface area contributed by atoms with Crippen LogP contribution in [0.5, 0.6) is 0 Å².